The van der Waals surface area contributed by atoms with E-state index in [0.29, 0.717) is 26.1 Å². The zero-order valence-electron chi connectivity index (χ0n) is 9.43. The van der Waals surface area contributed by atoms with Crippen LogP contribution >= 0.6 is 22.9 Å². The molecule has 1 saturated heterocycles. The molecule has 0 unspecified atom stereocenters. The summed E-state index contributed by atoms with van der Waals surface area (Å²) in [6, 6.07) is 0. The minimum Gasteiger partial charge on any atom is -0.388 e. The van der Waals surface area contributed by atoms with E-state index in [4.69, 9.17) is 16.3 Å². The van der Waals surface area contributed by atoms with Crippen LogP contribution in [-0.2, 0) is 14.8 Å². The number of sulfonamides is 1. The van der Waals surface area contributed by atoms with E-state index in [2.05, 4.69) is 9.71 Å². The molecule has 1 fully saturated rings. The molecule has 0 bridgehead atoms. The average molecular weight is 313 g/mol. The third kappa shape index (κ3) is 3.40. The van der Waals surface area contributed by atoms with Gasteiger partial charge >= 0.3 is 0 Å². The Kier molecular flexibility index (Phi) is 4.25. The van der Waals surface area contributed by atoms with Gasteiger partial charge in [-0.25, -0.2) is 18.1 Å². The first kappa shape index (κ1) is 14.2. The Morgan fingerprint density at radius 1 is 1.56 bits per heavy atom. The predicted molar refractivity (Wildman–Crippen MR) is 67.3 cm³/mol. The molecule has 0 spiro atoms. The molecular weight excluding hydrogens is 300 g/mol. The molecule has 0 amide bonds. The summed E-state index contributed by atoms with van der Waals surface area (Å²) in [4.78, 5) is 3.68. The lowest BCUT2D eigenvalue weighted by Crippen LogP contribution is -2.46. The second kappa shape index (κ2) is 5.40. The van der Waals surface area contributed by atoms with Gasteiger partial charge in [-0.3, -0.25) is 0 Å². The van der Waals surface area contributed by atoms with Gasteiger partial charge in [-0.05, 0) is 0 Å². The van der Waals surface area contributed by atoms with Crippen LogP contribution in [0.25, 0.3) is 0 Å². The normalized spacial score (nSPS) is 19.9. The van der Waals surface area contributed by atoms with Crippen molar-refractivity contribution in [3.63, 3.8) is 0 Å². The summed E-state index contributed by atoms with van der Waals surface area (Å²) in [5, 5.41) is 10.1. The zero-order chi connectivity index (χ0) is 13.2. The molecule has 0 aliphatic carbocycles. The lowest BCUT2D eigenvalue weighted by molar-refractivity contribution is -0.0588. The van der Waals surface area contributed by atoms with Gasteiger partial charge in [0.15, 0.2) is 8.68 Å². The van der Waals surface area contributed by atoms with Gasteiger partial charge < -0.3 is 9.84 Å². The van der Waals surface area contributed by atoms with Crippen molar-refractivity contribution in [3.05, 3.63) is 10.7 Å². The number of nitrogens with one attached hydrogen (secondary N) is 1. The smallest absolute Gasteiger partial charge is 0.251 e. The highest BCUT2D eigenvalue weighted by atomic mass is 35.5. The Hall–Kier alpha value is -0.250. The van der Waals surface area contributed by atoms with Crippen LogP contribution in [0, 0.1) is 0 Å². The summed E-state index contributed by atoms with van der Waals surface area (Å²) in [7, 11) is -3.66. The molecule has 1 aromatic rings. The largest absolute Gasteiger partial charge is 0.388 e. The van der Waals surface area contributed by atoms with Crippen LogP contribution in [0.2, 0.25) is 4.47 Å². The molecule has 18 heavy (non-hydrogen) atoms. The maximum Gasteiger partial charge on any atom is 0.251 e. The van der Waals surface area contributed by atoms with E-state index in [1.165, 1.54) is 6.20 Å². The van der Waals surface area contributed by atoms with Crippen LogP contribution in [0.15, 0.2) is 10.4 Å². The van der Waals surface area contributed by atoms with Gasteiger partial charge in [-0.15, -0.1) is 0 Å². The first-order valence-electron chi connectivity index (χ1n) is 5.32. The predicted octanol–water partition coefficient (Wildman–Crippen LogP) is 0.616. The van der Waals surface area contributed by atoms with Gasteiger partial charge in [-0.1, -0.05) is 22.9 Å². The van der Waals surface area contributed by atoms with Crippen LogP contribution in [-0.4, -0.2) is 43.9 Å². The monoisotopic (exact) mass is 312 g/mol. The first-order chi connectivity index (χ1) is 8.41. The average Bonchev–Trinajstić information content (AvgIpc) is 2.76. The molecule has 2 heterocycles. The molecule has 1 aliphatic rings. The van der Waals surface area contributed by atoms with Gasteiger partial charge in [0.25, 0.3) is 10.0 Å². The number of ether oxygens (including phenoxy) is 1. The lowest BCUT2D eigenvalue weighted by atomic mass is 9.95. The second-order valence-electron chi connectivity index (χ2n) is 4.09. The Morgan fingerprint density at radius 2 is 2.22 bits per heavy atom. The van der Waals surface area contributed by atoms with Crippen molar-refractivity contribution in [1.82, 2.24) is 9.71 Å². The van der Waals surface area contributed by atoms with Crippen molar-refractivity contribution < 1.29 is 18.3 Å². The lowest BCUT2D eigenvalue weighted by Gasteiger charge is -2.31. The van der Waals surface area contributed by atoms with Gasteiger partial charge in [0, 0.05) is 32.6 Å². The molecular formula is C9H13ClN2O4S2. The number of thiazole rings is 1. The van der Waals surface area contributed by atoms with E-state index in [1.54, 1.807) is 0 Å². The second-order valence-corrected chi connectivity index (χ2v) is 7.70. The molecule has 0 saturated carbocycles. The fourth-order valence-electron chi connectivity index (χ4n) is 1.59. The fraction of sp³-hybridized carbons (Fsp3) is 0.667. The zero-order valence-corrected chi connectivity index (χ0v) is 11.8. The topological polar surface area (TPSA) is 88.5 Å². The van der Waals surface area contributed by atoms with Crippen LogP contribution < -0.4 is 4.72 Å². The summed E-state index contributed by atoms with van der Waals surface area (Å²) < 4.78 is 31.5. The highest BCUT2D eigenvalue weighted by Gasteiger charge is 2.31. The van der Waals surface area contributed by atoms with Crippen molar-refractivity contribution in [2.24, 2.45) is 0 Å². The number of hydrogen-bond donors (Lipinski definition) is 2. The highest BCUT2D eigenvalue weighted by molar-refractivity contribution is 7.91. The van der Waals surface area contributed by atoms with Crippen molar-refractivity contribution in [3.8, 4) is 0 Å². The molecule has 2 N–H and O–H groups in total. The Morgan fingerprint density at radius 3 is 2.78 bits per heavy atom. The van der Waals surface area contributed by atoms with E-state index >= 15 is 0 Å². The number of rotatable bonds is 4. The molecule has 9 heteroatoms. The van der Waals surface area contributed by atoms with Gasteiger partial charge in [0.1, 0.15) is 0 Å². The van der Waals surface area contributed by atoms with Crippen molar-refractivity contribution in [1.29, 1.82) is 0 Å². The molecule has 0 aromatic carbocycles. The number of aliphatic hydroxyl groups is 1. The minimum absolute atomic E-state index is 0.0335. The number of nitrogens with zero attached hydrogens (tertiary/aromatic N) is 1. The molecule has 0 radical (unpaired) electrons. The molecule has 1 aromatic heterocycles. The quantitative estimate of drug-likeness (QED) is 0.850. The summed E-state index contributed by atoms with van der Waals surface area (Å²) in [6.07, 6.45) is 2.03. The van der Waals surface area contributed by atoms with E-state index in [0.717, 1.165) is 11.3 Å². The third-order valence-corrected chi connectivity index (χ3v) is 5.71. The van der Waals surface area contributed by atoms with Crippen molar-refractivity contribution in [2.45, 2.75) is 22.7 Å². The first-order valence-corrected chi connectivity index (χ1v) is 8.00. The SMILES string of the molecule is O=S(=O)(NCC1(O)CCOCC1)c1cnc(Cl)s1. The molecule has 1 aliphatic heterocycles. The van der Waals surface area contributed by atoms with Gasteiger partial charge in [0.05, 0.1) is 11.8 Å². The Labute approximate surface area is 114 Å². The summed E-state index contributed by atoms with van der Waals surface area (Å²) in [6.45, 7) is 0.837. The number of hydrogen-bond acceptors (Lipinski definition) is 6. The van der Waals surface area contributed by atoms with E-state index in [9.17, 15) is 13.5 Å². The van der Waals surface area contributed by atoms with E-state index in [-0.39, 0.29) is 15.2 Å². The molecule has 0 atom stereocenters. The van der Waals surface area contributed by atoms with Crippen molar-refractivity contribution in [2.75, 3.05) is 19.8 Å². The maximum absolute atomic E-state index is 11.9. The number of aromatic nitrogens is 1. The van der Waals surface area contributed by atoms with Gasteiger partial charge in [0.2, 0.25) is 0 Å². The fourth-order valence-corrected chi connectivity index (χ4v) is 4.05. The Balaban J connectivity index is 2.01. The number of halogens is 1. The Bertz CT molecular complexity index is 510. The van der Waals surface area contributed by atoms with Crippen LogP contribution in [0.5, 0.6) is 0 Å². The van der Waals surface area contributed by atoms with E-state index in [1.807, 2.05) is 0 Å². The maximum atomic E-state index is 11.9. The molecule has 102 valence electrons. The van der Waals surface area contributed by atoms with Crippen molar-refractivity contribution >= 4 is 33.0 Å². The standard InChI is InChI=1S/C9H13ClN2O4S2/c10-8-11-5-7(17-8)18(14,15)12-6-9(13)1-3-16-4-2-9/h5,12-13H,1-4,6H2. The van der Waals surface area contributed by atoms with Gasteiger partial charge in [-0.2, -0.15) is 0 Å². The minimum atomic E-state index is -3.66. The van der Waals surface area contributed by atoms with Crippen LogP contribution in [0.3, 0.4) is 0 Å². The van der Waals surface area contributed by atoms with Crippen LogP contribution in [0.1, 0.15) is 12.8 Å². The molecule has 6 nitrogen and oxygen atoms in total. The molecule has 2 rings (SSSR count). The summed E-state index contributed by atoms with van der Waals surface area (Å²) in [5.74, 6) is 0. The summed E-state index contributed by atoms with van der Waals surface area (Å²) in [5.41, 5.74) is -1.04. The summed E-state index contributed by atoms with van der Waals surface area (Å²) >= 11 is 6.47. The van der Waals surface area contributed by atoms with E-state index < -0.39 is 15.6 Å². The van der Waals surface area contributed by atoms with Crippen LogP contribution in [0.4, 0.5) is 0 Å². The third-order valence-electron chi connectivity index (χ3n) is 2.74. The highest BCUT2D eigenvalue weighted by Crippen LogP contribution is 2.24.